The van der Waals surface area contributed by atoms with Gasteiger partial charge in [-0.25, -0.2) is 4.98 Å². The highest BCUT2D eigenvalue weighted by Crippen LogP contribution is 2.42. The molecule has 2 aromatic rings. The number of thiazole rings is 1. The number of nitrogens with two attached hydrogens (primary N) is 1. The minimum absolute atomic E-state index is 0.0404. The van der Waals surface area contributed by atoms with Gasteiger partial charge in [0.25, 0.3) is 0 Å². The van der Waals surface area contributed by atoms with Crippen molar-refractivity contribution in [2.45, 2.75) is 37.9 Å². The number of fused-ring (bicyclic) bond motifs is 1. The Kier molecular flexibility index (Phi) is 3.75. The molecule has 1 unspecified atom stereocenters. The van der Waals surface area contributed by atoms with E-state index < -0.39 is 11.9 Å². The normalized spacial score (nSPS) is 18.6. The van der Waals surface area contributed by atoms with Crippen molar-refractivity contribution in [1.82, 2.24) is 4.98 Å². The number of hydrogen-bond acceptors (Lipinski definition) is 3. The van der Waals surface area contributed by atoms with E-state index in [1.54, 1.807) is 0 Å². The summed E-state index contributed by atoms with van der Waals surface area (Å²) >= 11 is 1.10. The molecule has 6 heteroatoms. The number of hydrogen-bond donors (Lipinski definition) is 1. The maximum atomic E-state index is 13.0. The zero-order valence-electron chi connectivity index (χ0n) is 11.3. The third-order valence-electron chi connectivity index (χ3n) is 3.84. The maximum absolute atomic E-state index is 13.0. The van der Waals surface area contributed by atoms with Crippen molar-refractivity contribution >= 4 is 11.3 Å². The van der Waals surface area contributed by atoms with Crippen LogP contribution in [0.25, 0.3) is 0 Å². The standard InChI is InChI=1S/C15H15F3N2S/c16-15(17,18)13-12(8-19)21-14(20-13)11-7-3-5-9-4-1-2-6-10(9)11/h1-2,4,6,11H,3,5,7-8,19H2. The van der Waals surface area contributed by atoms with Crippen LogP contribution >= 0.6 is 11.3 Å². The second-order valence-electron chi connectivity index (χ2n) is 5.17. The van der Waals surface area contributed by atoms with Crippen molar-refractivity contribution in [1.29, 1.82) is 0 Å². The van der Waals surface area contributed by atoms with Crippen molar-refractivity contribution in [3.05, 3.63) is 51.0 Å². The molecule has 112 valence electrons. The Labute approximate surface area is 124 Å². The van der Waals surface area contributed by atoms with Crippen LogP contribution in [-0.4, -0.2) is 4.98 Å². The van der Waals surface area contributed by atoms with Crippen molar-refractivity contribution in [2.24, 2.45) is 5.73 Å². The second-order valence-corrected chi connectivity index (χ2v) is 6.28. The highest BCUT2D eigenvalue weighted by atomic mass is 32.1. The van der Waals surface area contributed by atoms with E-state index in [0.29, 0.717) is 5.01 Å². The van der Waals surface area contributed by atoms with E-state index >= 15 is 0 Å². The average molecular weight is 312 g/mol. The number of benzene rings is 1. The molecule has 2 nitrogen and oxygen atoms in total. The van der Waals surface area contributed by atoms with E-state index in [1.165, 1.54) is 5.56 Å². The molecule has 1 aromatic heterocycles. The molecule has 0 saturated carbocycles. The van der Waals surface area contributed by atoms with Crippen LogP contribution in [0, 0.1) is 0 Å². The van der Waals surface area contributed by atoms with Crippen LogP contribution in [-0.2, 0) is 19.1 Å². The van der Waals surface area contributed by atoms with E-state index in [9.17, 15) is 13.2 Å². The molecule has 21 heavy (non-hydrogen) atoms. The SMILES string of the molecule is NCc1sc(C2CCCc3ccccc32)nc1C(F)(F)F. The smallest absolute Gasteiger partial charge is 0.326 e. The van der Waals surface area contributed by atoms with Gasteiger partial charge in [-0.1, -0.05) is 24.3 Å². The van der Waals surface area contributed by atoms with Gasteiger partial charge >= 0.3 is 6.18 Å². The van der Waals surface area contributed by atoms with Gasteiger partial charge < -0.3 is 5.73 Å². The van der Waals surface area contributed by atoms with Gasteiger partial charge in [-0.2, -0.15) is 13.2 Å². The van der Waals surface area contributed by atoms with E-state index in [1.807, 2.05) is 24.3 Å². The van der Waals surface area contributed by atoms with Gasteiger partial charge in [0.2, 0.25) is 0 Å². The molecule has 1 heterocycles. The Hall–Kier alpha value is -1.40. The van der Waals surface area contributed by atoms with Crippen molar-refractivity contribution in [3.8, 4) is 0 Å². The number of halogens is 3. The summed E-state index contributed by atoms with van der Waals surface area (Å²) in [6.45, 7) is -0.124. The molecular weight excluding hydrogens is 297 g/mol. The lowest BCUT2D eigenvalue weighted by Crippen LogP contribution is -2.13. The lowest BCUT2D eigenvalue weighted by Gasteiger charge is -2.23. The lowest BCUT2D eigenvalue weighted by atomic mass is 9.83. The number of aryl methyl sites for hydroxylation is 1. The fraction of sp³-hybridized carbons (Fsp3) is 0.400. The monoisotopic (exact) mass is 312 g/mol. The molecule has 1 aliphatic rings. The fourth-order valence-electron chi connectivity index (χ4n) is 2.89. The number of aromatic nitrogens is 1. The Bertz CT molecular complexity index is 649. The molecule has 0 aliphatic heterocycles. The number of alkyl halides is 3. The third-order valence-corrected chi connectivity index (χ3v) is 5.03. The molecule has 2 N–H and O–H groups in total. The predicted octanol–water partition coefficient (Wildman–Crippen LogP) is 4.09. The van der Waals surface area contributed by atoms with Gasteiger partial charge in [-0.05, 0) is 30.4 Å². The summed E-state index contributed by atoms with van der Waals surface area (Å²) in [4.78, 5) is 4.01. The molecule has 1 aromatic carbocycles. The minimum Gasteiger partial charge on any atom is -0.326 e. The van der Waals surface area contributed by atoms with Crippen molar-refractivity contribution in [2.75, 3.05) is 0 Å². The maximum Gasteiger partial charge on any atom is 0.434 e. The quantitative estimate of drug-likeness (QED) is 0.907. The molecule has 1 aliphatic carbocycles. The van der Waals surface area contributed by atoms with E-state index in [-0.39, 0.29) is 17.3 Å². The molecule has 1 atom stereocenters. The van der Waals surface area contributed by atoms with Gasteiger partial charge in [0, 0.05) is 12.5 Å². The largest absolute Gasteiger partial charge is 0.434 e. The van der Waals surface area contributed by atoms with Gasteiger partial charge in [0.15, 0.2) is 5.69 Å². The van der Waals surface area contributed by atoms with Crippen LogP contribution in [0.3, 0.4) is 0 Å². The Morgan fingerprint density at radius 3 is 2.71 bits per heavy atom. The summed E-state index contributed by atoms with van der Waals surface area (Å²) in [5.41, 5.74) is 6.96. The summed E-state index contributed by atoms with van der Waals surface area (Å²) in [6.07, 6.45) is -1.64. The van der Waals surface area contributed by atoms with Crippen LogP contribution in [0.15, 0.2) is 24.3 Å². The molecule has 3 rings (SSSR count). The Morgan fingerprint density at radius 1 is 1.29 bits per heavy atom. The van der Waals surface area contributed by atoms with E-state index in [2.05, 4.69) is 4.98 Å². The number of rotatable bonds is 2. The van der Waals surface area contributed by atoms with Gasteiger partial charge in [-0.3, -0.25) is 0 Å². The minimum atomic E-state index is -4.43. The van der Waals surface area contributed by atoms with Crippen LogP contribution in [0.2, 0.25) is 0 Å². The highest BCUT2D eigenvalue weighted by Gasteiger charge is 2.38. The fourth-order valence-corrected chi connectivity index (χ4v) is 4.01. The first-order chi connectivity index (χ1) is 10.0. The first kappa shape index (κ1) is 14.5. The Balaban J connectivity index is 2.05. The van der Waals surface area contributed by atoms with Crippen molar-refractivity contribution in [3.63, 3.8) is 0 Å². The lowest BCUT2D eigenvalue weighted by molar-refractivity contribution is -0.141. The van der Waals surface area contributed by atoms with Gasteiger partial charge in [0.05, 0.1) is 4.88 Å². The summed E-state index contributed by atoms with van der Waals surface area (Å²) in [7, 11) is 0. The molecule has 0 bridgehead atoms. The summed E-state index contributed by atoms with van der Waals surface area (Å²) in [6, 6.07) is 7.94. The van der Waals surface area contributed by atoms with Crippen LogP contribution in [0.1, 0.15) is 45.5 Å². The molecular formula is C15H15F3N2S. The second kappa shape index (κ2) is 5.42. The summed E-state index contributed by atoms with van der Waals surface area (Å²) < 4.78 is 39.0. The van der Waals surface area contributed by atoms with E-state index in [0.717, 1.165) is 36.2 Å². The molecule has 0 radical (unpaired) electrons. The topological polar surface area (TPSA) is 38.9 Å². The third kappa shape index (κ3) is 2.70. The van der Waals surface area contributed by atoms with E-state index in [4.69, 9.17) is 5.73 Å². The molecule has 0 amide bonds. The van der Waals surface area contributed by atoms with Gasteiger partial charge in [0.1, 0.15) is 5.01 Å². The zero-order valence-corrected chi connectivity index (χ0v) is 12.1. The van der Waals surface area contributed by atoms with Crippen LogP contribution in [0.4, 0.5) is 13.2 Å². The predicted molar refractivity (Wildman–Crippen MR) is 76.2 cm³/mol. The summed E-state index contributed by atoms with van der Waals surface area (Å²) in [5, 5.41) is 0.537. The average Bonchev–Trinajstić information content (AvgIpc) is 2.91. The first-order valence-electron chi connectivity index (χ1n) is 6.85. The zero-order chi connectivity index (χ0) is 15.0. The Morgan fingerprint density at radius 2 is 2.05 bits per heavy atom. The van der Waals surface area contributed by atoms with Crippen LogP contribution < -0.4 is 5.73 Å². The molecule has 0 fully saturated rings. The number of nitrogens with zero attached hydrogens (tertiary/aromatic N) is 1. The first-order valence-corrected chi connectivity index (χ1v) is 7.67. The molecule has 0 saturated heterocycles. The highest BCUT2D eigenvalue weighted by molar-refractivity contribution is 7.11. The summed E-state index contributed by atoms with van der Waals surface area (Å²) in [5.74, 6) is -0.0404. The molecule has 0 spiro atoms. The van der Waals surface area contributed by atoms with Crippen molar-refractivity contribution < 1.29 is 13.2 Å². The van der Waals surface area contributed by atoms with Gasteiger partial charge in [-0.15, -0.1) is 11.3 Å². The van der Waals surface area contributed by atoms with Crippen LogP contribution in [0.5, 0.6) is 0 Å².